The summed E-state index contributed by atoms with van der Waals surface area (Å²) >= 11 is 0. The lowest BCUT2D eigenvalue weighted by Crippen LogP contribution is -2.44. The summed E-state index contributed by atoms with van der Waals surface area (Å²) in [5, 5.41) is 5.68. The molecule has 4 amide bonds. The molecule has 0 spiro atoms. The van der Waals surface area contributed by atoms with Gasteiger partial charge in [0.1, 0.15) is 12.1 Å². The second-order valence-corrected chi connectivity index (χ2v) is 8.83. The lowest BCUT2D eigenvalue weighted by Gasteiger charge is -2.27. The third kappa shape index (κ3) is 5.29. The lowest BCUT2D eigenvalue weighted by atomic mass is 9.85. The van der Waals surface area contributed by atoms with E-state index < -0.39 is 17.5 Å². The average molecular weight is 465 g/mol. The number of amides is 4. The number of nitrogens with one attached hydrogen (secondary N) is 2. The maximum absolute atomic E-state index is 13.4. The fourth-order valence-corrected chi connectivity index (χ4v) is 4.50. The highest BCUT2D eigenvalue weighted by Gasteiger charge is 2.52. The van der Waals surface area contributed by atoms with Gasteiger partial charge >= 0.3 is 6.03 Å². The number of nitrogens with zero attached hydrogens (tertiary/aromatic N) is 2. The molecule has 0 radical (unpaired) electrons. The van der Waals surface area contributed by atoms with Gasteiger partial charge in [-0.2, -0.15) is 0 Å². The zero-order chi connectivity index (χ0) is 24.0. The fraction of sp³-hybridized carbons (Fsp3) is 0.423. The predicted molar refractivity (Wildman–Crippen MR) is 129 cm³/mol. The number of ether oxygens (including phenoxy) is 1. The van der Waals surface area contributed by atoms with Crippen LogP contribution in [0.25, 0.3) is 0 Å². The van der Waals surface area contributed by atoms with Crippen LogP contribution in [-0.2, 0) is 26.4 Å². The number of carbonyl (C=O) groups excluding carboxylic acids is 3. The molecule has 2 aliphatic heterocycles. The molecular formula is C26H32N4O4. The van der Waals surface area contributed by atoms with Crippen molar-refractivity contribution < 1.29 is 19.1 Å². The molecule has 8 heteroatoms. The quantitative estimate of drug-likeness (QED) is 0.557. The minimum absolute atomic E-state index is 0.332. The normalized spacial score (nSPS) is 20.9. The highest BCUT2D eigenvalue weighted by molar-refractivity contribution is 6.10. The van der Waals surface area contributed by atoms with Gasteiger partial charge in [-0.05, 0) is 29.7 Å². The van der Waals surface area contributed by atoms with Crippen LogP contribution < -0.4 is 10.6 Å². The molecule has 1 atom stereocenters. The molecule has 180 valence electrons. The second-order valence-electron chi connectivity index (χ2n) is 8.83. The summed E-state index contributed by atoms with van der Waals surface area (Å²) in [6.07, 6.45) is 2.15. The van der Waals surface area contributed by atoms with E-state index in [1.54, 1.807) is 0 Å². The highest BCUT2D eigenvalue weighted by atomic mass is 16.5. The zero-order valence-electron chi connectivity index (χ0n) is 19.6. The van der Waals surface area contributed by atoms with Crippen LogP contribution in [0.1, 0.15) is 37.3 Å². The number of anilines is 1. The van der Waals surface area contributed by atoms with Gasteiger partial charge in [0.25, 0.3) is 5.91 Å². The molecule has 2 heterocycles. The number of imide groups is 1. The summed E-state index contributed by atoms with van der Waals surface area (Å²) in [5.74, 6) is -0.794. The van der Waals surface area contributed by atoms with Crippen molar-refractivity contribution in [1.82, 2.24) is 15.1 Å². The summed E-state index contributed by atoms with van der Waals surface area (Å²) in [5.41, 5.74) is 1.39. The molecule has 34 heavy (non-hydrogen) atoms. The van der Waals surface area contributed by atoms with E-state index in [1.807, 2.05) is 61.5 Å². The van der Waals surface area contributed by atoms with E-state index in [-0.39, 0.29) is 12.5 Å². The number of morpholine rings is 1. The molecule has 2 saturated heterocycles. The minimum Gasteiger partial charge on any atom is -0.379 e. The predicted octanol–water partition coefficient (Wildman–Crippen LogP) is 3.09. The Kier molecular flexibility index (Phi) is 7.59. The standard InChI is InChI=1S/C26H32N4O4/c1-2-3-13-26(21-7-5-4-6-8-21)24(32)30(25(33)28-26)19-23(31)27-22-11-9-20(10-12-22)18-29-14-16-34-17-15-29/h4-12H,2-3,13-19H2,1H3,(H,27,31)(H,28,33). The summed E-state index contributed by atoms with van der Waals surface area (Å²) < 4.78 is 5.38. The van der Waals surface area contributed by atoms with Crippen molar-refractivity contribution in [2.75, 3.05) is 38.2 Å². The lowest BCUT2D eigenvalue weighted by molar-refractivity contribution is -0.134. The van der Waals surface area contributed by atoms with Gasteiger partial charge in [-0.3, -0.25) is 19.4 Å². The number of benzene rings is 2. The summed E-state index contributed by atoms with van der Waals surface area (Å²) in [7, 11) is 0. The molecule has 0 aliphatic carbocycles. The first kappa shape index (κ1) is 23.9. The van der Waals surface area contributed by atoms with Gasteiger partial charge in [0.05, 0.1) is 13.2 Å². The van der Waals surface area contributed by atoms with Crippen molar-refractivity contribution in [1.29, 1.82) is 0 Å². The Labute approximate surface area is 200 Å². The molecule has 0 saturated carbocycles. The number of unbranched alkanes of at least 4 members (excludes halogenated alkanes) is 1. The van der Waals surface area contributed by atoms with E-state index in [9.17, 15) is 14.4 Å². The van der Waals surface area contributed by atoms with E-state index in [1.165, 1.54) is 0 Å². The van der Waals surface area contributed by atoms with E-state index in [4.69, 9.17) is 4.74 Å². The van der Waals surface area contributed by atoms with Crippen LogP contribution in [0.2, 0.25) is 0 Å². The van der Waals surface area contributed by atoms with Gasteiger partial charge in [0.2, 0.25) is 5.91 Å². The summed E-state index contributed by atoms with van der Waals surface area (Å²) in [6, 6.07) is 16.3. The van der Waals surface area contributed by atoms with Crippen LogP contribution in [0.15, 0.2) is 54.6 Å². The molecule has 2 N–H and O–H groups in total. The summed E-state index contributed by atoms with van der Waals surface area (Å²) in [6.45, 7) is 5.86. The molecule has 2 fully saturated rings. The highest BCUT2D eigenvalue weighted by Crippen LogP contribution is 2.34. The largest absolute Gasteiger partial charge is 0.379 e. The van der Waals surface area contributed by atoms with Crippen molar-refractivity contribution >= 4 is 23.5 Å². The van der Waals surface area contributed by atoms with Crippen LogP contribution in [0.4, 0.5) is 10.5 Å². The topological polar surface area (TPSA) is 91.0 Å². The molecular weight excluding hydrogens is 432 g/mol. The molecule has 1 unspecified atom stereocenters. The van der Waals surface area contributed by atoms with E-state index in [0.717, 1.165) is 61.7 Å². The van der Waals surface area contributed by atoms with Crippen LogP contribution in [0.3, 0.4) is 0 Å². The van der Waals surface area contributed by atoms with E-state index >= 15 is 0 Å². The Morgan fingerprint density at radius 1 is 1.06 bits per heavy atom. The van der Waals surface area contributed by atoms with Gasteiger partial charge in [-0.25, -0.2) is 4.79 Å². The Bertz CT molecular complexity index is 1010. The maximum atomic E-state index is 13.4. The van der Waals surface area contributed by atoms with Crippen molar-refractivity contribution in [3.8, 4) is 0 Å². The van der Waals surface area contributed by atoms with E-state index in [0.29, 0.717) is 12.1 Å². The van der Waals surface area contributed by atoms with E-state index in [2.05, 4.69) is 15.5 Å². The first-order chi connectivity index (χ1) is 16.5. The SMILES string of the molecule is CCCCC1(c2ccccc2)NC(=O)N(CC(=O)Nc2ccc(CN3CCOCC3)cc2)C1=O. The second kappa shape index (κ2) is 10.8. The first-order valence-corrected chi connectivity index (χ1v) is 11.9. The third-order valence-corrected chi connectivity index (χ3v) is 6.40. The first-order valence-electron chi connectivity index (χ1n) is 11.9. The molecule has 2 aliphatic rings. The van der Waals surface area contributed by atoms with Crippen LogP contribution in [-0.4, -0.2) is 60.5 Å². The Hall–Kier alpha value is -3.23. The zero-order valence-corrected chi connectivity index (χ0v) is 19.6. The Balaban J connectivity index is 1.39. The average Bonchev–Trinajstić information content (AvgIpc) is 3.10. The molecule has 0 bridgehead atoms. The van der Waals surface area contributed by atoms with Crippen LogP contribution >= 0.6 is 0 Å². The smallest absolute Gasteiger partial charge is 0.325 e. The Morgan fingerprint density at radius 2 is 1.76 bits per heavy atom. The monoisotopic (exact) mass is 464 g/mol. The molecule has 2 aromatic carbocycles. The number of urea groups is 1. The van der Waals surface area contributed by atoms with Crippen LogP contribution in [0, 0.1) is 0 Å². The van der Waals surface area contributed by atoms with Crippen LogP contribution in [0.5, 0.6) is 0 Å². The number of carbonyl (C=O) groups is 3. The minimum atomic E-state index is -1.13. The van der Waals surface area contributed by atoms with Gasteiger partial charge in [-0.1, -0.05) is 62.2 Å². The summed E-state index contributed by atoms with van der Waals surface area (Å²) in [4.78, 5) is 42.2. The van der Waals surface area contributed by atoms with Crippen molar-refractivity contribution in [2.45, 2.75) is 38.3 Å². The van der Waals surface area contributed by atoms with Gasteiger partial charge < -0.3 is 15.4 Å². The van der Waals surface area contributed by atoms with Gasteiger partial charge in [-0.15, -0.1) is 0 Å². The third-order valence-electron chi connectivity index (χ3n) is 6.40. The number of hydrogen-bond donors (Lipinski definition) is 2. The van der Waals surface area contributed by atoms with Crippen molar-refractivity contribution in [3.63, 3.8) is 0 Å². The Morgan fingerprint density at radius 3 is 2.44 bits per heavy atom. The molecule has 2 aromatic rings. The fourth-order valence-electron chi connectivity index (χ4n) is 4.50. The van der Waals surface area contributed by atoms with Crippen molar-refractivity contribution in [2.24, 2.45) is 0 Å². The molecule has 0 aromatic heterocycles. The number of rotatable bonds is 9. The van der Waals surface area contributed by atoms with Crippen molar-refractivity contribution in [3.05, 3.63) is 65.7 Å². The van der Waals surface area contributed by atoms with Gasteiger partial charge in [0, 0.05) is 25.3 Å². The van der Waals surface area contributed by atoms with Gasteiger partial charge in [0.15, 0.2) is 0 Å². The maximum Gasteiger partial charge on any atom is 0.325 e. The molecule has 8 nitrogen and oxygen atoms in total. The number of hydrogen-bond acceptors (Lipinski definition) is 5. The molecule has 4 rings (SSSR count).